The van der Waals surface area contributed by atoms with Crippen molar-refractivity contribution >= 4 is 29.8 Å². The van der Waals surface area contributed by atoms with Crippen molar-refractivity contribution in [1.82, 2.24) is 20.2 Å². The van der Waals surface area contributed by atoms with Crippen LogP contribution < -0.4 is 5.32 Å². The molecule has 2 unspecified atom stereocenters. The number of hydrogen-bond donors (Lipinski definition) is 2. The van der Waals surface area contributed by atoms with Crippen LogP contribution in [0, 0.1) is 5.92 Å². The van der Waals surface area contributed by atoms with Crippen molar-refractivity contribution < 1.29 is 14.3 Å². The molecule has 7 nitrogen and oxygen atoms in total. The number of methoxy groups -OCH3 is 1. The number of thioether (sulfide) groups is 1. The number of ether oxygens (including phenoxy) is 1. The van der Waals surface area contributed by atoms with Gasteiger partial charge in [-0.3, -0.25) is 4.79 Å². The minimum atomic E-state index is -0.630. The van der Waals surface area contributed by atoms with E-state index in [4.69, 9.17) is 0 Å². The van der Waals surface area contributed by atoms with Crippen LogP contribution in [0.5, 0.6) is 0 Å². The number of H-pyrrole nitrogens is 1. The highest BCUT2D eigenvalue weighted by molar-refractivity contribution is 8.03. The molecule has 0 saturated carbocycles. The summed E-state index contributed by atoms with van der Waals surface area (Å²) in [5.41, 5.74) is 0.898. The molecule has 2 N–H and O–H groups in total. The second-order valence-corrected chi connectivity index (χ2v) is 8.60. The zero-order chi connectivity index (χ0) is 22.1. The molecule has 1 fully saturated rings. The molecule has 0 spiro atoms. The Bertz CT molecular complexity index is 800. The largest absolute Gasteiger partial charge is 0.453 e. The molecule has 2 heterocycles. The van der Waals surface area contributed by atoms with Gasteiger partial charge in [0.2, 0.25) is 5.91 Å². The van der Waals surface area contributed by atoms with Gasteiger partial charge in [-0.1, -0.05) is 38.7 Å². The quantitative estimate of drug-likeness (QED) is 0.569. The van der Waals surface area contributed by atoms with Gasteiger partial charge in [-0.15, -0.1) is 11.8 Å². The Balaban J connectivity index is 2.04. The van der Waals surface area contributed by atoms with E-state index < -0.39 is 12.1 Å². The number of carbonyl (C=O) groups excluding carboxylic acids is 2. The van der Waals surface area contributed by atoms with Crippen LogP contribution in [0.25, 0.3) is 6.08 Å². The fourth-order valence-corrected chi connectivity index (χ4v) is 4.00. The molecule has 2 amide bonds. The van der Waals surface area contributed by atoms with Gasteiger partial charge in [0.15, 0.2) is 0 Å². The van der Waals surface area contributed by atoms with E-state index >= 15 is 0 Å². The zero-order valence-electron chi connectivity index (χ0n) is 18.2. The minimum Gasteiger partial charge on any atom is -0.453 e. The number of allylic oxidation sites excluding steroid dienone is 2. The number of aromatic amines is 1. The van der Waals surface area contributed by atoms with E-state index in [0.29, 0.717) is 6.54 Å². The van der Waals surface area contributed by atoms with Gasteiger partial charge in [0.1, 0.15) is 11.9 Å². The van der Waals surface area contributed by atoms with Crippen molar-refractivity contribution in [2.45, 2.75) is 45.7 Å². The van der Waals surface area contributed by atoms with E-state index in [1.807, 2.05) is 43.9 Å². The number of rotatable bonds is 9. The number of likely N-dealkylation sites (tertiary alicyclic amines) is 1. The highest BCUT2D eigenvalue weighted by atomic mass is 32.2. The molecule has 0 aromatic carbocycles. The third-order valence-electron chi connectivity index (χ3n) is 4.87. The lowest BCUT2D eigenvalue weighted by atomic mass is 10.0. The molecule has 164 valence electrons. The van der Waals surface area contributed by atoms with Gasteiger partial charge in [-0.25, -0.2) is 9.78 Å². The molecule has 2 rings (SSSR count). The number of hydrogen-bond acceptors (Lipinski definition) is 5. The number of carbonyl (C=O) groups is 2. The summed E-state index contributed by atoms with van der Waals surface area (Å²) in [5.74, 6) is 1.43. The standard InChI is InChI=1S/C22H32N4O3S/c1-6-9-16(4)30-13-8-10-17-14-23-20(24-17)18-11-7-12-26(18)21(27)19(15(2)3)25-22(28)29-5/h6,8-10,14-15,18-19H,4,7,11-13H2,1-3,5H3,(H,23,24)(H,25,28)/b9-6-,10-8+. The first-order valence-corrected chi connectivity index (χ1v) is 11.2. The second kappa shape index (κ2) is 11.6. The molecule has 1 aromatic rings. The van der Waals surface area contributed by atoms with E-state index in [0.717, 1.165) is 35.0 Å². The number of nitrogens with one attached hydrogen (secondary N) is 2. The van der Waals surface area contributed by atoms with Crippen molar-refractivity contribution in [2.75, 3.05) is 19.4 Å². The maximum Gasteiger partial charge on any atom is 0.407 e. The Morgan fingerprint density at radius 2 is 2.27 bits per heavy atom. The van der Waals surface area contributed by atoms with Crippen LogP contribution in [-0.2, 0) is 9.53 Å². The topological polar surface area (TPSA) is 87.3 Å². The predicted octanol–water partition coefficient (Wildman–Crippen LogP) is 4.29. The lowest BCUT2D eigenvalue weighted by Crippen LogP contribution is -2.51. The Hall–Kier alpha value is -2.48. The van der Waals surface area contributed by atoms with Crippen molar-refractivity contribution in [3.63, 3.8) is 0 Å². The summed E-state index contributed by atoms with van der Waals surface area (Å²) in [6.45, 7) is 10.4. The molecule has 1 aliphatic rings. The first-order chi connectivity index (χ1) is 14.4. The third kappa shape index (κ3) is 6.52. The number of alkyl carbamates (subject to hydrolysis) is 1. The summed E-state index contributed by atoms with van der Waals surface area (Å²) in [5, 5.41) is 2.66. The molecule has 30 heavy (non-hydrogen) atoms. The van der Waals surface area contributed by atoms with E-state index in [9.17, 15) is 9.59 Å². The Labute approximate surface area is 183 Å². The summed E-state index contributed by atoms with van der Waals surface area (Å²) in [4.78, 5) is 35.5. The third-order valence-corrected chi connectivity index (χ3v) is 5.74. The van der Waals surface area contributed by atoms with Crippen LogP contribution in [0.15, 0.2) is 35.9 Å². The van der Waals surface area contributed by atoms with Gasteiger partial charge in [0.25, 0.3) is 0 Å². The van der Waals surface area contributed by atoms with E-state index in [1.165, 1.54) is 7.11 Å². The zero-order valence-corrected chi connectivity index (χ0v) is 19.0. The van der Waals surface area contributed by atoms with Crippen LogP contribution >= 0.6 is 11.8 Å². The fraction of sp³-hybridized carbons (Fsp3) is 0.500. The maximum absolute atomic E-state index is 13.1. The predicted molar refractivity (Wildman–Crippen MR) is 122 cm³/mol. The summed E-state index contributed by atoms with van der Waals surface area (Å²) < 4.78 is 4.68. The van der Waals surface area contributed by atoms with E-state index in [1.54, 1.807) is 18.0 Å². The number of aromatic nitrogens is 2. The lowest BCUT2D eigenvalue weighted by Gasteiger charge is -2.29. The number of imidazole rings is 1. The molecule has 2 atom stereocenters. The Kier molecular flexibility index (Phi) is 9.23. The average molecular weight is 433 g/mol. The van der Waals surface area contributed by atoms with Crippen LogP contribution in [0.4, 0.5) is 4.79 Å². The molecule has 0 radical (unpaired) electrons. The average Bonchev–Trinajstić information content (AvgIpc) is 3.37. The molecular weight excluding hydrogens is 400 g/mol. The van der Waals surface area contributed by atoms with Crippen molar-refractivity contribution in [1.29, 1.82) is 0 Å². The summed E-state index contributed by atoms with van der Waals surface area (Å²) in [7, 11) is 1.29. The van der Waals surface area contributed by atoms with E-state index in [-0.39, 0.29) is 17.9 Å². The number of amides is 2. The molecule has 8 heteroatoms. The summed E-state index contributed by atoms with van der Waals surface area (Å²) in [6, 6.07) is -0.751. The van der Waals surface area contributed by atoms with Gasteiger partial charge in [0, 0.05) is 12.3 Å². The Morgan fingerprint density at radius 3 is 2.93 bits per heavy atom. The highest BCUT2D eigenvalue weighted by Gasteiger charge is 2.37. The molecule has 1 aromatic heterocycles. The van der Waals surface area contributed by atoms with Crippen LogP contribution in [0.2, 0.25) is 0 Å². The fourth-order valence-electron chi connectivity index (χ4n) is 3.36. The Morgan fingerprint density at radius 1 is 1.50 bits per heavy atom. The molecule has 0 bridgehead atoms. The summed E-state index contributed by atoms with van der Waals surface area (Å²) in [6.07, 6.45) is 10.9. The molecular formula is C22H32N4O3S. The van der Waals surface area contributed by atoms with Gasteiger partial charge in [0.05, 0.1) is 25.0 Å². The van der Waals surface area contributed by atoms with Crippen LogP contribution in [0.3, 0.4) is 0 Å². The summed E-state index contributed by atoms with van der Waals surface area (Å²) >= 11 is 1.67. The van der Waals surface area contributed by atoms with Crippen molar-refractivity contribution in [2.24, 2.45) is 5.92 Å². The monoisotopic (exact) mass is 432 g/mol. The minimum absolute atomic E-state index is 0.0530. The SMILES string of the molecule is C=C(/C=C\C)SC/C=C/c1cnc(C2CCCN2C(=O)C(NC(=O)OC)C(C)C)[nH]1. The van der Waals surface area contributed by atoms with Crippen LogP contribution in [-0.4, -0.2) is 52.3 Å². The first-order valence-electron chi connectivity index (χ1n) is 10.2. The maximum atomic E-state index is 13.1. The van der Waals surface area contributed by atoms with Crippen molar-refractivity contribution in [3.8, 4) is 0 Å². The number of nitrogens with zero attached hydrogens (tertiary/aromatic N) is 2. The normalized spacial score (nSPS) is 17.8. The van der Waals surface area contributed by atoms with Gasteiger partial charge in [-0.05, 0) is 36.7 Å². The second-order valence-electron chi connectivity index (χ2n) is 7.45. The smallest absolute Gasteiger partial charge is 0.407 e. The molecule has 1 saturated heterocycles. The highest BCUT2D eigenvalue weighted by Crippen LogP contribution is 2.31. The van der Waals surface area contributed by atoms with Gasteiger partial charge < -0.3 is 19.9 Å². The van der Waals surface area contributed by atoms with Gasteiger partial charge in [-0.2, -0.15) is 0 Å². The van der Waals surface area contributed by atoms with Crippen LogP contribution in [0.1, 0.15) is 51.2 Å². The lowest BCUT2D eigenvalue weighted by molar-refractivity contribution is -0.135. The van der Waals surface area contributed by atoms with E-state index in [2.05, 4.69) is 32.7 Å². The molecule has 0 aliphatic carbocycles. The van der Waals surface area contributed by atoms with Gasteiger partial charge >= 0.3 is 6.09 Å². The first kappa shape index (κ1) is 23.8. The van der Waals surface area contributed by atoms with Crippen molar-refractivity contribution in [3.05, 3.63) is 47.4 Å². The molecule has 1 aliphatic heterocycles.